The molecule has 0 aromatic heterocycles. The third-order valence-corrected chi connectivity index (χ3v) is 5.66. The summed E-state index contributed by atoms with van der Waals surface area (Å²) >= 11 is 0. The Morgan fingerprint density at radius 2 is 1.82 bits per heavy atom. The Morgan fingerprint density at radius 1 is 1.14 bits per heavy atom. The number of ether oxygens (including phenoxy) is 1. The highest BCUT2D eigenvalue weighted by atomic mass is 31.2. The molecule has 0 saturated carbocycles. The molecule has 0 saturated heterocycles. The summed E-state index contributed by atoms with van der Waals surface area (Å²) in [4.78, 5) is 18.0. The molecule has 6 nitrogen and oxygen atoms in total. The first kappa shape index (κ1) is 22.9. The smallest absolute Gasteiger partial charge is 0.469 e. The first-order chi connectivity index (χ1) is 13.1. The summed E-state index contributed by atoms with van der Waals surface area (Å²) in [5.41, 5.74) is 6.49. The minimum atomic E-state index is -4.56. The van der Waals surface area contributed by atoms with Crippen molar-refractivity contribution >= 4 is 18.6 Å². The molecule has 0 heterocycles. The van der Waals surface area contributed by atoms with Gasteiger partial charge in [-0.25, -0.2) is 4.57 Å². The molecule has 28 heavy (non-hydrogen) atoms. The van der Waals surface area contributed by atoms with Crippen molar-refractivity contribution in [2.24, 2.45) is 5.73 Å². The average molecular weight is 409 g/mol. The van der Waals surface area contributed by atoms with E-state index in [9.17, 15) is 4.57 Å². The number of phosphoric ester groups is 1. The molecule has 0 unspecified atom stereocenters. The molecule has 4 N–H and O–H groups in total. The predicted molar refractivity (Wildman–Crippen MR) is 112 cm³/mol. The van der Waals surface area contributed by atoms with Crippen molar-refractivity contribution < 1.29 is 23.6 Å². The maximum atomic E-state index is 11.0. The van der Waals surface area contributed by atoms with E-state index in [1.165, 1.54) is 12.8 Å². The van der Waals surface area contributed by atoms with Gasteiger partial charge in [0.15, 0.2) is 0 Å². The zero-order chi connectivity index (χ0) is 20.8. The first-order valence-corrected chi connectivity index (χ1v) is 11.3. The maximum Gasteiger partial charge on any atom is 0.469 e. The number of benzene rings is 2. The van der Waals surface area contributed by atoms with Crippen LogP contribution in [0.3, 0.4) is 0 Å². The Kier molecular flexibility index (Phi) is 8.05. The Bertz CT molecular complexity index is 818. The van der Waals surface area contributed by atoms with E-state index in [1.54, 1.807) is 13.8 Å². The summed E-state index contributed by atoms with van der Waals surface area (Å²) in [6, 6.07) is 12.3. The molecule has 0 aliphatic carbocycles. The van der Waals surface area contributed by atoms with Gasteiger partial charge in [-0.2, -0.15) is 0 Å². The summed E-state index contributed by atoms with van der Waals surface area (Å²) in [5, 5.41) is 2.24. The lowest BCUT2D eigenvalue weighted by Crippen LogP contribution is -2.47. The van der Waals surface area contributed by atoms with Gasteiger partial charge in [-0.15, -0.1) is 0 Å². The summed E-state index contributed by atoms with van der Waals surface area (Å²) in [7, 11) is -4.56. The summed E-state index contributed by atoms with van der Waals surface area (Å²) in [6.45, 7) is 6.24. The molecular weight excluding hydrogens is 377 g/mol. The van der Waals surface area contributed by atoms with Gasteiger partial charge in [0.25, 0.3) is 0 Å². The molecule has 0 bridgehead atoms. The van der Waals surface area contributed by atoms with Crippen LogP contribution < -0.4 is 10.5 Å². The number of hydrogen-bond acceptors (Lipinski definition) is 4. The quantitative estimate of drug-likeness (QED) is 0.372. The average Bonchev–Trinajstić information content (AvgIpc) is 2.62. The number of nitrogens with two attached hydrogens (primary N) is 1. The predicted octanol–water partition coefficient (Wildman–Crippen LogP) is 4.56. The van der Waals surface area contributed by atoms with E-state index in [1.807, 2.05) is 18.2 Å². The summed E-state index contributed by atoms with van der Waals surface area (Å²) < 4.78 is 21.6. The largest absolute Gasteiger partial charge is 0.494 e. The highest BCUT2D eigenvalue weighted by Gasteiger charge is 2.32. The van der Waals surface area contributed by atoms with Gasteiger partial charge in [0, 0.05) is 5.54 Å². The fraction of sp³-hybridized carbons (Fsp3) is 0.524. The van der Waals surface area contributed by atoms with Crippen molar-refractivity contribution in [2.45, 2.75) is 64.5 Å². The Balaban J connectivity index is 1.99. The monoisotopic (exact) mass is 409 g/mol. The fourth-order valence-electron chi connectivity index (χ4n) is 3.00. The zero-order valence-electron chi connectivity index (χ0n) is 16.9. The SMILES string of the molecule is CCCCCOc1ccc2cc(CC[C@](C)(N)[C@@H](C)OP(=O)(O)O)ccc2c1. The molecule has 2 atom stereocenters. The topological polar surface area (TPSA) is 102 Å². The Hall–Kier alpha value is -1.43. The Labute approximate surface area is 167 Å². The van der Waals surface area contributed by atoms with Crippen LogP contribution in [0.5, 0.6) is 5.75 Å². The first-order valence-electron chi connectivity index (χ1n) is 9.79. The zero-order valence-corrected chi connectivity index (χ0v) is 17.8. The van der Waals surface area contributed by atoms with Crippen LogP contribution in [0.1, 0.15) is 52.0 Å². The fourth-order valence-corrected chi connectivity index (χ4v) is 3.66. The molecule has 0 aliphatic heterocycles. The minimum Gasteiger partial charge on any atom is -0.494 e. The molecule has 156 valence electrons. The second kappa shape index (κ2) is 9.86. The minimum absolute atomic E-state index is 0.540. The van der Waals surface area contributed by atoms with E-state index in [0.717, 1.165) is 35.1 Å². The van der Waals surface area contributed by atoms with E-state index in [0.29, 0.717) is 12.8 Å². The van der Waals surface area contributed by atoms with Crippen LogP contribution in [-0.2, 0) is 15.5 Å². The van der Waals surface area contributed by atoms with Crippen molar-refractivity contribution in [3.05, 3.63) is 42.0 Å². The summed E-state index contributed by atoms with van der Waals surface area (Å²) in [5.74, 6) is 0.884. The molecule has 0 radical (unpaired) electrons. The number of phosphoric acid groups is 1. The molecule has 0 aliphatic rings. The van der Waals surface area contributed by atoms with Crippen LogP contribution in [0.2, 0.25) is 0 Å². The maximum absolute atomic E-state index is 11.0. The molecule has 2 rings (SSSR count). The lowest BCUT2D eigenvalue weighted by atomic mass is 9.89. The van der Waals surface area contributed by atoms with Gasteiger partial charge in [0.2, 0.25) is 0 Å². The lowest BCUT2D eigenvalue weighted by molar-refractivity contribution is 0.0867. The van der Waals surface area contributed by atoms with Gasteiger partial charge in [0.05, 0.1) is 12.7 Å². The number of unbranched alkanes of at least 4 members (excludes halogenated alkanes) is 2. The van der Waals surface area contributed by atoms with Gasteiger partial charge in [0.1, 0.15) is 5.75 Å². The molecule has 7 heteroatoms. The third kappa shape index (κ3) is 7.19. The molecule has 0 spiro atoms. The van der Waals surface area contributed by atoms with E-state index in [2.05, 4.69) is 25.1 Å². The molecule has 2 aromatic carbocycles. The van der Waals surface area contributed by atoms with Crippen molar-refractivity contribution in [1.29, 1.82) is 0 Å². The van der Waals surface area contributed by atoms with Gasteiger partial charge in [-0.05, 0) is 61.6 Å². The van der Waals surface area contributed by atoms with Crippen LogP contribution in [0, 0.1) is 0 Å². The van der Waals surface area contributed by atoms with E-state index in [-0.39, 0.29) is 0 Å². The Morgan fingerprint density at radius 3 is 2.50 bits per heavy atom. The standard InChI is InChI=1S/C21H32NO5P/c1-4-5-6-13-26-20-10-9-18-14-17(7-8-19(18)15-20)11-12-21(3,22)16(2)27-28(23,24)25/h7-10,14-16H,4-6,11-13,22H2,1-3H3,(H2,23,24,25)/t16-,21+/m1/s1. The van der Waals surface area contributed by atoms with Gasteiger partial charge >= 0.3 is 7.82 Å². The van der Waals surface area contributed by atoms with E-state index < -0.39 is 19.5 Å². The van der Waals surface area contributed by atoms with E-state index in [4.69, 9.17) is 24.8 Å². The lowest BCUT2D eigenvalue weighted by Gasteiger charge is -2.31. The van der Waals surface area contributed by atoms with E-state index >= 15 is 0 Å². The van der Waals surface area contributed by atoms with Crippen LogP contribution in [0.25, 0.3) is 10.8 Å². The summed E-state index contributed by atoms with van der Waals surface area (Å²) in [6.07, 6.45) is 3.88. The van der Waals surface area contributed by atoms with Gasteiger partial charge in [-0.3, -0.25) is 4.52 Å². The van der Waals surface area contributed by atoms with Gasteiger partial charge < -0.3 is 20.3 Å². The highest BCUT2D eigenvalue weighted by Crippen LogP contribution is 2.40. The van der Waals surface area contributed by atoms with Crippen molar-refractivity contribution in [3.63, 3.8) is 0 Å². The second-order valence-corrected chi connectivity index (χ2v) is 8.83. The van der Waals surface area contributed by atoms with Crippen LogP contribution in [-0.4, -0.2) is 28.0 Å². The molecule has 0 fully saturated rings. The number of hydrogen-bond donors (Lipinski definition) is 3. The van der Waals surface area contributed by atoms with Crippen LogP contribution in [0.4, 0.5) is 0 Å². The second-order valence-electron chi connectivity index (χ2n) is 7.64. The van der Waals surface area contributed by atoms with Crippen molar-refractivity contribution in [2.75, 3.05) is 6.61 Å². The highest BCUT2D eigenvalue weighted by molar-refractivity contribution is 7.46. The third-order valence-electron chi connectivity index (χ3n) is 5.07. The molecular formula is C21H32NO5P. The molecule has 0 amide bonds. The molecule has 2 aromatic rings. The number of fused-ring (bicyclic) bond motifs is 1. The van der Waals surface area contributed by atoms with Gasteiger partial charge in [-0.1, -0.05) is 44.0 Å². The number of rotatable bonds is 11. The van der Waals surface area contributed by atoms with Crippen LogP contribution >= 0.6 is 7.82 Å². The van der Waals surface area contributed by atoms with Crippen molar-refractivity contribution in [1.82, 2.24) is 0 Å². The van der Waals surface area contributed by atoms with Crippen molar-refractivity contribution in [3.8, 4) is 5.75 Å². The number of aryl methyl sites for hydroxylation is 1. The van der Waals surface area contributed by atoms with Crippen LogP contribution in [0.15, 0.2) is 36.4 Å². The normalized spacial score (nSPS) is 15.4.